The van der Waals surface area contributed by atoms with Crippen molar-refractivity contribution in [1.29, 1.82) is 0 Å². The fraction of sp³-hybridized carbons (Fsp3) is 0.857. The largest absolute Gasteiger partial charge is 0.385 e. The first kappa shape index (κ1) is 7.69. The molecule has 0 saturated carbocycles. The quantitative estimate of drug-likeness (QED) is 0.514. The average molecular weight is 143 g/mol. The third-order valence-corrected chi connectivity index (χ3v) is 2.01. The predicted octanol–water partition coefficient (Wildman–Crippen LogP) is -0.454. The molecule has 1 aliphatic rings. The molecule has 1 aliphatic heterocycles. The second-order valence-corrected chi connectivity index (χ2v) is 2.71. The summed E-state index contributed by atoms with van der Waals surface area (Å²) in [6.07, 6.45) is 1.73. The van der Waals surface area contributed by atoms with E-state index in [-0.39, 0.29) is 5.92 Å². The zero-order valence-electron chi connectivity index (χ0n) is 5.92. The number of aliphatic hydroxyl groups excluding tert-OH is 1. The Hall–Kier alpha value is -0.410. The van der Waals surface area contributed by atoms with Gasteiger partial charge in [0.1, 0.15) is 12.4 Å². The van der Waals surface area contributed by atoms with Gasteiger partial charge in [0.25, 0.3) is 0 Å². The van der Waals surface area contributed by atoms with Crippen LogP contribution < -0.4 is 5.32 Å². The normalized spacial score (nSPS) is 24.1. The van der Waals surface area contributed by atoms with Crippen molar-refractivity contribution in [3.05, 3.63) is 0 Å². The van der Waals surface area contributed by atoms with E-state index in [1.54, 1.807) is 0 Å². The lowest BCUT2D eigenvalue weighted by Gasteiger charge is -2.23. The number of aldehydes is 1. The molecule has 0 spiro atoms. The van der Waals surface area contributed by atoms with Crippen molar-refractivity contribution in [2.45, 2.75) is 18.9 Å². The Balaban J connectivity index is 2.30. The molecule has 10 heavy (non-hydrogen) atoms. The van der Waals surface area contributed by atoms with E-state index in [4.69, 9.17) is 5.11 Å². The fourth-order valence-corrected chi connectivity index (χ4v) is 1.30. The van der Waals surface area contributed by atoms with Crippen molar-refractivity contribution in [3.8, 4) is 0 Å². The molecule has 0 aromatic heterocycles. The van der Waals surface area contributed by atoms with Crippen LogP contribution in [-0.2, 0) is 4.79 Å². The van der Waals surface area contributed by atoms with Crippen LogP contribution in [0.2, 0.25) is 0 Å². The summed E-state index contributed by atoms with van der Waals surface area (Å²) < 4.78 is 0. The topological polar surface area (TPSA) is 49.3 Å². The van der Waals surface area contributed by atoms with E-state index in [0.29, 0.717) is 6.29 Å². The molecule has 1 saturated heterocycles. The third-order valence-electron chi connectivity index (χ3n) is 2.01. The number of carbonyl (C=O) groups excluding carboxylic acids is 1. The van der Waals surface area contributed by atoms with E-state index >= 15 is 0 Å². The number of hydrogen-bond acceptors (Lipinski definition) is 3. The van der Waals surface area contributed by atoms with Gasteiger partial charge < -0.3 is 15.2 Å². The Bertz CT molecular complexity index is 110. The van der Waals surface area contributed by atoms with Crippen molar-refractivity contribution in [2.24, 2.45) is 5.92 Å². The third kappa shape index (κ3) is 1.78. The van der Waals surface area contributed by atoms with Crippen LogP contribution in [0.4, 0.5) is 0 Å². The van der Waals surface area contributed by atoms with Crippen LogP contribution in [0.25, 0.3) is 0 Å². The molecule has 3 nitrogen and oxygen atoms in total. The van der Waals surface area contributed by atoms with Gasteiger partial charge in [0, 0.05) is 0 Å². The molecule has 0 aromatic carbocycles. The number of piperidine rings is 1. The minimum absolute atomic E-state index is 0.193. The molecule has 1 fully saturated rings. The van der Waals surface area contributed by atoms with Crippen LogP contribution >= 0.6 is 0 Å². The molecule has 0 radical (unpaired) electrons. The van der Waals surface area contributed by atoms with Crippen molar-refractivity contribution < 1.29 is 9.90 Å². The zero-order chi connectivity index (χ0) is 7.40. The van der Waals surface area contributed by atoms with E-state index in [9.17, 15) is 4.79 Å². The van der Waals surface area contributed by atoms with Crippen LogP contribution in [0.1, 0.15) is 12.8 Å². The lowest BCUT2D eigenvalue weighted by atomic mass is 9.93. The highest BCUT2D eigenvalue weighted by Gasteiger charge is 2.20. The maximum absolute atomic E-state index is 10.1. The summed E-state index contributed by atoms with van der Waals surface area (Å²) in [5.41, 5.74) is 0. The van der Waals surface area contributed by atoms with Gasteiger partial charge in [-0.15, -0.1) is 0 Å². The summed E-state index contributed by atoms with van der Waals surface area (Å²) in [5.74, 6) is 0.193. The standard InChI is InChI=1S/C7H13NO2/c9-5-7(10)6-1-3-8-4-2-6/h5-8,10H,1-4H2. The van der Waals surface area contributed by atoms with Crippen molar-refractivity contribution in [1.82, 2.24) is 5.32 Å². The van der Waals surface area contributed by atoms with Gasteiger partial charge in [-0.05, 0) is 31.8 Å². The Kier molecular flexibility index (Phi) is 2.83. The summed E-state index contributed by atoms with van der Waals surface area (Å²) in [4.78, 5) is 10.1. The first-order valence-electron chi connectivity index (χ1n) is 3.68. The summed E-state index contributed by atoms with van der Waals surface area (Å²) in [7, 11) is 0. The number of hydrogen-bond donors (Lipinski definition) is 2. The molecule has 1 atom stereocenters. The smallest absolute Gasteiger partial charge is 0.148 e. The van der Waals surface area contributed by atoms with Gasteiger partial charge in [-0.3, -0.25) is 0 Å². The molecule has 2 N–H and O–H groups in total. The highest BCUT2D eigenvalue weighted by atomic mass is 16.3. The summed E-state index contributed by atoms with van der Waals surface area (Å²) in [6, 6.07) is 0. The van der Waals surface area contributed by atoms with Gasteiger partial charge in [-0.25, -0.2) is 0 Å². The lowest BCUT2D eigenvalue weighted by molar-refractivity contribution is -0.117. The molecule has 0 amide bonds. The first-order valence-corrected chi connectivity index (χ1v) is 3.68. The number of nitrogens with one attached hydrogen (secondary N) is 1. The van der Waals surface area contributed by atoms with Gasteiger partial charge in [-0.2, -0.15) is 0 Å². The Labute approximate surface area is 60.4 Å². The second-order valence-electron chi connectivity index (χ2n) is 2.71. The van der Waals surface area contributed by atoms with Gasteiger partial charge in [-0.1, -0.05) is 0 Å². The molecule has 3 heteroatoms. The molecule has 1 heterocycles. The van der Waals surface area contributed by atoms with Crippen LogP contribution in [-0.4, -0.2) is 30.6 Å². The van der Waals surface area contributed by atoms with Crippen LogP contribution in [0.3, 0.4) is 0 Å². The van der Waals surface area contributed by atoms with E-state index in [1.165, 1.54) is 0 Å². The van der Waals surface area contributed by atoms with Crippen molar-refractivity contribution in [2.75, 3.05) is 13.1 Å². The number of aliphatic hydroxyl groups is 1. The van der Waals surface area contributed by atoms with Crippen molar-refractivity contribution in [3.63, 3.8) is 0 Å². The van der Waals surface area contributed by atoms with E-state index in [2.05, 4.69) is 5.32 Å². The maximum atomic E-state index is 10.1. The molecule has 1 rings (SSSR count). The SMILES string of the molecule is O=CC(O)C1CCNCC1. The molecule has 58 valence electrons. The zero-order valence-corrected chi connectivity index (χ0v) is 5.92. The van der Waals surface area contributed by atoms with Gasteiger partial charge in [0.2, 0.25) is 0 Å². The van der Waals surface area contributed by atoms with Crippen LogP contribution in [0.15, 0.2) is 0 Å². The monoisotopic (exact) mass is 143 g/mol. The molecule has 0 bridgehead atoms. The second kappa shape index (κ2) is 3.68. The number of rotatable bonds is 2. The molecule has 0 aliphatic carbocycles. The Morgan fingerprint density at radius 1 is 1.50 bits per heavy atom. The first-order chi connectivity index (χ1) is 4.84. The maximum Gasteiger partial charge on any atom is 0.148 e. The van der Waals surface area contributed by atoms with Crippen LogP contribution in [0.5, 0.6) is 0 Å². The molecule has 1 unspecified atom stereocenters. The van der Waals surface area contributed by atoms with E-state index in [0.717, 1.165) is 25.9 Å². The summed E-state index contributed by atoms with van der Waals surface area (Å²) in [5, 5.41) is 12.3. The molecular formula is C7H13NO2. The Morgan fingerprint density at radius 3 is 2.60 bits per heavy atom. The van der Waals surface area contributed by atoms with E-state index < -0.39 is 6.10 Å². The summed E-state index contributed by atoms with van der Waals surface area (Å²) in [6.45, 7) is 1.85. The van der Waals surface area contributed by atoms with Crippen molar-refractivity contribution >= 4 is 6.29 Å². The van der Waals surface area contributed by atoms with Gasteiger partial charge in [0.05, 0.1) is 0 Å². The lowest BCUT2D eigenvalue weighted by Crippen LogP contribution is -2.34. The summed E-state index contributed by atoms with van der Waals surface area (Å²) >= 11 is 0. The minimum Gasteiger partial charge on any atom is -0.385 e. The van der Waals surface area contributed by atoms with Gasteiger partial charge in [0.15, 0.2) is 0 Å². The predicted molar refractivity (Wildman–Crippen MR) is 37.7 cm³/mol. The fourth-order valence-electron chi connectivity index (χ4n) is 1.30. The average Bonchev–Trinajstić information content (AvgIpc) is 2.05. The van der Waals surface area contributed by atoms with Crippen LogP contribution in [0, 0.1) is 5.92 Å². The molecular weight excluding hydrogens is 130 g/mol. The number of carbonyl (C=O) groups is 1. The van der Waals surface area contributed by atoms with E-state index in [1.807, 2.05) is 0 Å². The van der Waals surface area contributed by atoms with Gasteiger partial charge >= 0.3 is 0 Å². The minimum atomic E-state index is -0.734. The Morgan fingerprint density at radius 2 is 2.10 bits per heavy atom. The highest BCUT2D eigenvalue weighted by molar-refractivity contribution is 5.56. The molecule has 0 aromatic rings. The highest BCUT2D eigenvalue weighted by Crippen LogP contribution is 2.14.